The van der Waals surface area contributed by atoms with E-state index in [-0.39, 0.29) is 41.8 Å². The van der Waals surface area contributed by atoms with Crippen LogP contribution < -0.4 is 19.7 Å². The number of rotatable bonds is 10. The monoisotopic (exact) mass is 634 g/mol. The molecule has 0 aliphatic carbocycles. The lowest BCUT2D eigenvalue weighted by Gasteiger charge is -2.38. The van der Waals surface area contributed by atoms with Crippen LogP contribution in [0.3, 0.4) is 0 Å². The SMILES string of the molecule is COc1ccc(C(=O)Nc2cccc(CN3C(=O)[C@]4(O[C@H](CCO)[C@@H](C(C)(C)c5ccc(OC)cc5)[C@@H]4C)c4ccccc43)c2)cc1. The highest BCUT2D eigenvalue weighted by Gasteiger charge is 2.65. The van der Waals surface area contributed by atoms with Gasteiger partial charge in [0.2, 0.25) is 0 Å². The van der Waals surface area contributed by atoms with E-state index >= 15 is 0 Å². The molecular formula is C39H42N2O6. The third-order valence-corrected chi connectivity index (χ3v) is 10.0. The normalized spacial score (nSPS) is 22.0. The van der Waals surface area contributed by atoms with Crippen molar-refractivity contribution < 1.29 is 28.9 Å². The van der Waals surface area contributed by atoms with Gasteiger partial charge in [0, 0.05) is 35.3 Å². The van der Waals surface area contributed by atoms with Gasteiger partial charge in [0.15, 0.2) is 5.60 Å². The van der Waals surface area contributed by atoms with Crippen LogP contribution in [-0.4, -0.2) is 43.9 Å². The Morgan fingerprint density at radius 3 is 2.26 bits per heavy atom. The van der Waals surface area contributed by atoms with Gasteiger partial charge in [-0.3, -0.25) is 9.59 Å². The first kappa shape index (κ1) is 32.3. The van der Waals surface area contributed by atoms with E-state index in [0.717, 1.165) is 28.1 Å². The van der Waals surface area contributed by atoms with E-state index in [1.807, 2.05) is 60.7 Å². The maximum atomic E-state index is 14.8. The number of aliphatic hydroxyl groups excluding tert-OH is 1. The summed E-state index contributed by atoms with van der Waals surface area (Å²) in [5.74, 6) is 0.829. The Kier molecular flexibility index (Phi) is 8.83. The summed E-state index contributed by atoms with van der Waals surface area (Å²) in [5, 5.41) is 13.1. The fourth-order valence-electron chi connectivity index (χ4n) is 7.70. The first-order valence-electron chi connectivity index (χ1n) is 16.0. The van der Waals surface area contributed by atoms with Crippen molar-refractivity contribution in [1.29, 1.82) is 0 Å². The van der Waals surface area contributed by atoms with Crippen molar-refractivity contribution in [3.05, 3.63) is 119 Å². The molecule has 6 rings (SSSR count). The van der Waals surface area contributed by atoms with Crippen LogP contribution in [0.25, 0.3) is 0 Å². The predicted octanol–water partition coefficient (Wildman–Crippen LogP) is 6.71. The third kappa shape index (κ3) is 5.66. The highest BCUT2D eigenvalue weighted by Crippen LogP contribution is 2.59. The molecule has 0 aromatic heterocycles. The molecule has 1 fully saturated rings. The van der Waals surface area contributed by atoms with Crippen molar-refractivity contribution in [3.8, 4) is 11.5 Å². The number of benzene rings is 4. The number of carbonyl (C=O) groups excluding carboxylic acids is 2. The van der Waals surface area contributed by atoms with E-state index in [1.54, 1.807) is 43.4 Å². The van der Waals surface area contributed by atoms with Gasteiger partial charge in [-0.15, -0.1) is 0 Å². The van der Waals surface area contributed by atoms with Crippen LogP contribution in [0.5, 0.6) is 11.5 Å². The van der Waals surface area contributed by atoms with Crippen LogP contribution >= 0.6 is 0 Å². The topological polar surface area (TPSA) is 97.3 Å². The number of hydrogen-bond donors (Lipinski definition) is 2. The highest BCUT2D eigenvalue weighted by atomic mass is 16.5. The molecule has 4 aromatic carbocycles. The first-order valence-corrected chi connectivity index (χ1v) is 16.0. The van der Waals surface area contributed by atoms with Crippen LogP contribution in [0.15, 0.2) is 97.1 Å². The van der Waals surface area contributed by atoms with Gasteiger partial charge in [0.05, 0.1) is 32.6 Å². The van der Waals surface area contributed by atoms with Crippen LogP contribution in [0.1, 0.15) is 54.2 Å². The minimum absolute atomic E-state index is 0.0444. The molecular weight excluding hydrogens is 592 g/mol. The van der Waals surface area contributed by atoms with Gasteiger partial charge in [0.1, 0.15) is 11.5 Å². The number of fused-ring (bicyclic) bond motifs is 2. The van der Waals surface area contributed by atoms with E-state index < -0.39 is 5.60 Å². The molecule has 2 heterocycles. The molecule has 244 valence electrons. The molecule has 0 radical (unpaired) electrons. The van der Waals surface area contributed by atoms with Crippen molar-refractivity contribution in [2.24, 2.45) is 11.8 Å². The summed E-state index contributed by atoms with van der Waals surface area (Å²) in [7, 11) is 3.23. The average Bonchev–Trinajstić information content (AvgIpc) is 3.51. The molecule has 2 aliphatic rings. The Morgan fingerprint density at radius 1 is 0.936 bits per heavy atom. The second kappa shape index (κ2) is 12.9. The Bertz CT molecular complexity index is 1750. The Labute approximate surface area is 276 Å². The van der Waals surface area contributed by atoms with Crippen molar-refractivity contribution in [2.75, 3.05) is 31.0 Å². The number of para-hydroxylation sites is 1. The molecule has 47 heavy (non-hydrogen) atoms. The molecule has 1 saturated heterocycles. The van der Waals surface area contributed by atoms with Crippen molar-refractivity contribution in [1.82, 2.24) is 0 Å². The number of amides is 2. The fourth-order valence-corrected chi connectivity index (χ4v) is 7.70. The Morgan fingerprint density at radius 2 is 1.60 bits per heavy atom. The van der Waals surface area contributed by atoms with Gasteiger partial charge in [-0.1, -0.05) is 63.2 Å². The predicted molar refractivity (Wildman–Crippen MR) is 182 cm³/mol. The number of hydrogen-bond acceptors (Lipinski definition) is 6. The van der Waals surface area contributed by atoms with Crippen molar-refractivity contribution in [2.45, 2.75) is 50.9 Å². The zero-order valence-electron chi connectivity index (χ0n) is 27.5. The lowest BCUT2D eigenvalue weighted by Crippen LogP contribution is -2.45. The summed E-state index contributed by atoms with van der Waals surface area (Å²) < 4.78 is 17.5. The zero-order chi connectivity index (χ0) is 33.3. The Balaban J connectivity index is 1.30. The van der Waals surface area contributed by atoms with Crippen LogP contribution in [-0.2, 0) is 27.1 Å². The Hall–Kier alpha value is -4.66. The fraction of sp³-hybridized carbons (Fsp3) is 0.333. The minimum Gasteiger partial charge on any atom is -0.497 e. The summed E-state index contributed by atoms with van der Waals surface area (Å²) in [4.78, 5) is 29.6. The molecule has 0 saturated carbocycles. The third-order valence-electron chi connectivity index (χ3n) is 10.0. The quantitative estimate of drug-likeness (QED) is 0.201. The van der Waals surface area contributed by atoms with E-state index in [9.17, 15) is 14.7 Å². The summed E-state index contributed by atoms with van der Waals surface area (Å²) in [5.41, 5.74) is 3.19. The molecule has 4 atom stereocenters. The average molecular weight is 635 g/mol. The number of anilines is 2. The molecule has 0 bridgehead atoms. The lowest BCUT2D eigenvalue weighted by atomic mass is 9.63. The van der Waals surface area contributed by atoms with Gasteiger partial charge >= 0.3 is 0 Å². The first-order chi connectivity index (χ1) is 22.6. The summed E-state index contributed by atoms with van der Waals surface area (Å²) in [6.45, 7) is 6.75. The zero-order valence-corrected chi connectivity index (χ0v) is 27.5. The lowest BCUT2D eigenvalue weighted by molar-refractivity contribution is -0.146. The smallest absolute Gasteiger partial charge is 0.264 e. The molecule has 2 N–H and O–H groups in total. The molecule has 8 heteroatoms. The highest BCUT2D eigenvalue weighted by molar-refractivity contribution is 6.07. The van der Waals surface area contributed by atoms with Crippen LogP contribution in [0.2, 0.25) is 0 Å². The van der Waals surface area contributed by atoms with Gasteiger partial charge in [-0.2, -0.15) is 0 Å². The van der Waals surface area contributed by atoms with Crippen LogP contribution in [0, 0.1) is 11.8 Å². The number of methoxy groups -OCH3 is 2. The summed E-state index contributed by atoms with van der Waals surface area (Å²) in [6.07, 6.45) is 0.0717. The van der Waals surface area contributed by atoms with E-state index in [2.05, 4.69) is 38.2 Å². The van der Waals surface area contributed by atoms with Gasteiger partial charge in [0.25, 0.3) is 11.8 Å². The molecule has 1 spiro atoms. The van der Waals surface area contributed by atoms with Gasteiger partial charge < -0.3 is 29.5 Å². The van der Waals surface area contributed by atoms with Gasteiger partial charge in [-0.05, 0) is 77.6 Å². The summed E-state index contributed by atoms with van der Waals surface area (Å²) >= 11 is 0. The molecule has 0 unspecified atom stereocenters. The second-order valence-corrected chi connectivity index (χ2v) is 13.0. The number of nitrogens with zero attached hydrogens (tertiary/aromatic N) is 1. The van der Waals surface area contributed by atoms with E-state index in [4.69, 9.17) is 14.2 Å². The van der Waals surface area contributed by atoms with Gasteiger partial charge in [-0.25, -0.2) is 0 Å². The number of nitrogens with one attached hydrogen (secondary N) is 1. The molecule has 2 amide bonds. The summed E-state index contributed by atoms with van der Waals surface area (Å²) in [6, 6.07) is 30.4. The standard InChI is InChI=1S/C39H42N2O6/c1-25-35(38(2,3)28-15-19-31(46-5)20-16-28)34(21-22-42)47-39(25)32-11-6-7-12-33(32)41(37(39)44)24-26-9-8-10-29(23-26)40-36(43)27-13-17-30(45-4)18-14-27/h6-20,23,25,34-35,42H,21-22,24H2,1-5H3,(H,40,43)/t25-,34+,35-,39+/m0/s1. The minimum atomic E-state index is -1.20. The molecule has 2 aliphatic heterocycles. The van der Waals surface area contributed by atoms with Crippen molar-refractivity contribution >= 4 is 23.2 Å². The largest absolute Gasteiger partial charge is 0.497 e. The van der Waals surface area contributed by atoms with E-state index in [1.165, 1.54) is 0 Å². The van der Waals surface area contributed by atoms with E-state index in [0.29, 0.717) is 30.0 Å². The van der Waals surface area contributed by atoms with Crippen LogP contribution in [0.4, 0.5) is 11.4 Å². The number of aliphatic hydroxyl groups is 1. The number of carbonyl (C=O) groups is 2. The maximum Gasteiger partial charge on any atom is 0.264 e. The molecule has 8 nitrogen and oxygen atoms in total. The second-order valence-electron chi connectivity index (χ2n) is 13.0. The molecule has 4 aromatic rings. The van der Waals surface area contributed by atoms with Crippen molar-refractivity contribution in [3.63, 3.8) is 0 Å². The maximum absolute atomic E-state index is 14.8. The number of ether oxygens (including phenoxy) is 3.